The largest absolute Gasteiger partial charge is 0.339 e. The highest BCUT2D eigenvalue weighted by Crippen LogP contribution is 2.49. The molecule has 118 valence electrons. The van der Waals surface area contributed by atoms with Crippen molar-refractivity contribution in [3.05, 3.63) is 18.5 Å². The quantitative estimate of drug-likeness (QED) is 0.856. The van der Waals surface area contributed by atoms with Gasteiger partial charge >= 0.3 is 0 Å². The summed E-state index contributed by atoms with van der Waals surface area (Å²) in [5, 5.41) is 0. The van der Waals surface area contributed by atoms with Crippen LogP contribution in [0, 0.1) is 17.8 Å². The number of rotatable bonds is 3. The van der Waals surface area contributed by atoms with Crippen molar-refractivity contribution in [3.63, 3.8) is 0 Å². The number of hydrogen-bond donors (Lipinski definition) is 0. The summed E-state index contributed by atoms with van der Waals surface area (Å²) in [6.07, 6.45) is 9.78. The second-order valence-corrected chi connectivity index (χ2v) is 7.06. The second-order valence-electron chi connectivity index (χ2n) is 7.06. The van der Waals surface area contributed by atoms with Gasteiger partial charge < -0.3 is 9.80 Å². The third-order valence-corrected chi connectivity index (χ3v) is 5.79. The van der Waals surface area contributed by atoms with Crippen LogP contribution in [0.15, 0.2) is 18.5 Å². The first-order valence-corrected chi connectivity index (χ1v) is 8.59. The van der Waals surface area contributed by atoms with Crippen molar-refractivity contribution in [2.45, 2.75) is 32.1 Å². The van der Waals surface area contributed by atoms with Gasteiger partial charge in [0.2, 0.25) is 11.9 Å². The molecule has 1 saturated heterocycles. The van der Waals surface area contributed by atoms with E-state index in [0.29, 0.717) is 11.8 Å². The lowest BCUT2D eigenvalue weighted by Gasteiger charge is -2.35. The maximum Gasteiger partial charge on any atom is 0.225 e. The third-order valence-electron chi connectivity index (χ3n) is 5.79. The molecule has 0 radical (unpaired) electrons. The van der Waals surface area contributed by atoms with Crippen molar-refractivity contribution in [3.8, 4) is 0 Å². The molecule has 1 aromatic heterocycles. The molecule has 0 N–H and O–H groups in total. The molecule has 5 nitrogen and oxygen atoms in total. The number of amides is 1. The number of piperazine rings is 1. The Hall–Kier alpha value is -1.65. The highest BCUT2D eigenvalue weighted by atomic mass is 16.2. The molecule has 2 saturated carbocycles. The maximum atomic E-state index is 12.5. The summed E-state index contributed by atoms with van der Waals surface area (Å²) in [5.41, 5.74) is 0. The fraction of sp³-hybridized carbons (Fsp3) is 0.706. The summed E-state index contributed by atoms with van der Waals surface area (Å²) in [7, 11) is 0. The molecular formula is C17H24N4O. The molecule has 5 heteroatoms. The van der Waals surface area contributed by atoms with E-state index in [-0.39, 0.29) is 0 Å². The molecule has 3 aliphatic rings. The van der Waals surface area contributed by atoms with Crippen molar-refractivity contribution in [2.24, 2.45) is 17.8 Å². The Balaban J connectivity index is 1.29. The van der Waals surface area contributed by atoms with Gasteiger partial charge in [0, 0.05) is 45.0 Å². The minimum atomic E-state index is 0.367. The minimum Gasteiger partial charge on any atom is -0.339 e. The summed E-state index contributed by atoms with van der Waals surface area (Å²) in [6, 6.07) is 1.83. The molecule has 1 aromatic rings. The predicted molar refractivity (Wildman–Crippen MR) is 84.4 cm³/mol. The first-order chi connectivity index (χ1) is 10.8. The van der Waals surface area contributed by atoms with E-state index in [0.717, 1.165) is 50.4 Å². The highest BCUT2D eigenvalue weighted by Gasteiger charge is 2.40. The number of hydrogen-bond acceptors (Lipinski definition) is 4. The fourth-order valence-corrected chi connectivity index (χ4v) is 4.59. The maximum absolute atomic E-state index is 12.5. The van der Waals surface area contributed by atoms with Gasteiger partial charge in [0.1, 0.15) is 0 Å². The molecule has 1 amide bonds. The van der Waals surface area contributed by atoms with Gasteiger partial charge in [-0.2, -0.15) is 0 Å². The molecule has 0 aromatic carbocycles. The molecule has 3 fully saturated rings. The Morgan fingerprint density at radius 3 is 2.50 bits per heavy atom. The van der Waals surface area contributed by atoms with Gasteiger partial charge in [-0.15, -0.1) is 0 Å². The van der Waals surface area contributed by atoms with Gasteiger partial charge in [-0.3, -0.25) is 4.79 Å². The number of anilines is 1. The van der Waals surface area contributed by atoms with E-state index < -0.39 is 0 Å². The van der Waals surface area contributed by atoms with E-state index in [2.05, 4.69) is 14.9 Å². The van der Waals surface area contributed by atoms with E-state index in [1.54, 1.807) is 12.4 Å². The van der Waals surface area contributed by atoms with Crippen LogP contribution >= 0.6 is 0 Å². The van der Waals surface area contributed by atoms with Crippen LogP contribution in [0.5, 0.6) is 0 Å². The Labute approximate surface area is 131 Å². The highest BCUT2D eigenvalue weighted by molar-refractivity contribution is 5.76. The van der Waals surface area contributed by atoms with Gasteiger partial charge in [-0.05, 0) is 43.1 Å². The van der Waals surface area contributed by atoms with Crippen LogP contribution in [0.3, 0.4) is 0 Å². The summed E-state index contributed by atoms with van der Waals surface area (Å²) < 4.78 is 0. The lowest BCUT2D eigenvalue weighted by atomic mass is 9.86. The smallest absolute Gasteiger partial charge is 0.225 e. The van der Waals surface area contributed by atoms with E-state index in [4.69, 9.17) is 0 Å². The first kappa shape index (κ1) is 14.0. The number of carbonyl (C=O) groups is 1. The molecular weight excluding hydrogens is 276 g/mol. The summed E-state index contributed by atoms with van der Waals surface area (Å²) in [4.78, 5) is 25.4. The van der Waals surface area contributed by atoms with Crippen molar-refractivity contribution in [1.82, 2.24) is 14.9 Å². The lowest BCUT2D eigenvalue weighted by molar-refractivity contribution is -0.132. The molecule has 4 rings (SSSR count). The zero-order valence-corrected chi connectivity index (χ0v) is 13.0. The van der Waals surface area contributed by atoms with Crippen LogP contribution in [0.2, 0.25) is 0 Å². The molecule has 2 heterocycles. The van der Waals surface area contributed by atoms with Crippen LogP contribution in [0.25, 0.3) is 0 Å². The van der Waals surface area contributed by atoms with Gasteiger partial charge in [0.15, 0.2) is 0 Å². The average molecular weight is 300 g/mol. The zero-order chi connectivity index (χ0) is 14.9. The van der Waals surface area contributed by atoms with Gasteiger partial charge in [0.25, 0.3) is 0 Å². The number of fused-ring (bicyclic) bond motifs is 2. The number of aromatic nitrogens is 2. The normalized spacial score (nSPS) is 30.8. The Kier molecular flexibility index (Phi) is 3.72. The lowest BCUT2D eigenvalue weighted by Crippen LogP contribution is -2.49. The summed E-state index contributed by atoms with van der Waals surface area (Å²) >= 11 is 0. The molecule has 2 aliphatic carbocycles. The van der Waals surface area contributed by atoms with Gasteiger partial charge in [-0.25, -0.2) is 9.97 Å². The molecule has 1 aliphatic heterocycles. The van der Waals surface area contributed by atoms with Crippen LogP contribution in [0.1, 0.15) is 32.1 Å². The van der Waals surface area contributed by atoms with Crippen molar-refractivity contribution < 1.29 is 4.79 Å². The van der Waals surface area contributed by atoms with Crippen LogP contribution < -0.4 is 4.90 Å². The van der Waals surface area contributed by atoms with Crippen LogP contribution in [0.4, 0.5) is 5.95 Å². The molecule has 22 heavy (non-hydrogen) atoms. The summed E-state index contributed by atoms with van der Waals surface area (Å²) in [6.45, 7) is 3.29. The molecule has 3 atom stereocenters. The van der Waals surface area contributed by atoms with Gasteiger partial charge in [0.05, 0.1) is 0 Å². The molecule has 2 bridgehead atoms. The molecule has 0 spiro atoms. The van der Waals surface area contributed by atoms with E-state index in [9.17, 15) is 4.79 Å². The van der Waals surface area contributed by atoms with E-state index >= 15 is 0 Å². The fourth-order valence-electron chi connectivity index (χ4n) is 4.59. The SMILES string of the molecule is O=C(CC1CC2CCC1C2)N1CCN(c2ncccn2)CC1. The Morgan fingerprint density at radius 2 is 1.86 bits per heavy atom. The van der Waals surface area contributed by atoms with Gasteiger partial charge in [-0.1, -0.05) is 6.42 Å². The topological polar surface area (TPSA) is 49.3 Å². The first-order valence-electron chi connectivity index (χ1n) is 8.59. The third kappa shape index (κ3) is 2.69. The number of nitrogens with zero attached hydrogens (tertiary/aromatic N) is 4. The van der Waals surface area contributed by atoms with Crippen molar-refractivity contribution >= 4 is 11.9 Å². The van der Waals surface area contributed by atoms with Crippen molar-refractivity contribution in [1.29, 1.82) is 0 Å². The Bertz CT molecular complexity index is 527. The monoisotopic (exact) mass is 300 g/mol. The predicted octanol–water partition coefficient (Wildman–Crippen LogP) is 1.95. The van der Waals surface area contributed by atoms with Crippen LogP contribution in [-0.2, 0) is 4.79 Å². The average Bonchev–Trinajstić information content (AvgIpc) is 3.19. The standard InChI is InChI=1S/C17H24N4O/c22-16(12-15-11-13-2-3-14(15)10-13)20-6-8-21(9-7-20)17-18-4-1-5-19-17/h1,4-5,13-15H,2-3,6-12H2. The second kappa shape index (κ2) is 5.86. The van der Waals surface area contributed by atoms with E-state index in [1.165, 1.54) is 25.7 Å². The molecule has 3 unspecified atom stereocenters. The zero-order valence-electron chi connectivity index (χ0n) is 13.0. The van der Waals surface area contributed by atoms with Crippen LogP contribution in [-0.4, -0.2) is 47.0 Å². The van der Waals surface area contributed by atoms with Crippen molar-refractivity contribution in [2.75, 3.05) is 31.1 Å². The minimum absolute atomic E-state index is 0.367. The van der Waals surface area contributed by atoms with E-state index in [1.807, 2.05) is 11.0 Å². The Morgan fingerprint density at radius 1 is 1.09 bits per heavy atom. The summed E-state index contributed by atoms with van der Waals surface area (Å²) in [5.74, 6) is 3.58. The number of carbonyl (C=O) groups excluding carboxylic acids is 1.